The van der Waals surface area contributed by atoms with E-state index in [9.17, 15) is 0 Å². The van der Waals surface area contributed by atoms with Crippen LogP contribution in [0.5, 0.6) is 0 Å². The Labute approximate surface area is 563 Å². The molecule has 0 bridgehead atoms. The number of aromatic nitrogens is 1. The van der Waals surface area contributed by atoms with Crippen molar-refractivity contribution in [1.82, 2.24) is 4.57 Å². The van der Waals surface area contributed by atoms with Gasteiger partial charge in [0.1, 0.15) is 0 Å². The minimum atomic E-state index is -3.11. The molecule has 0 amide bonds. The van der Waals surface area contributed by atoms with Crippen molar-refractivity contribution in [1.29, 1.82) is 0 Å². The number of anilines is 6. The van der Waals surface area contributed by atoms with Gasteiger partial charge in [-0.15, -0.1) is 0 Å². The third-order valence-electron chi connectivity index (χ3n) is 20.5. The van der Waals surface area contributed by atoms with Crippen LogP contribution in [0.3, 0.4) is 0 Å². The molecular formula is C90H64BN3Si2. The maximum Gasteiger partial charge on any atom is 0.252 e. The van der Waals surface area contributed by atoms with Crippen LogP contribution >= 0.6 is 0 Å². The number of nitrogens with zero attached hydrogens (tertiary/aromatic N) is 3. The third kappa shape index (κ3) is 8.94. The molecule has 2 aliphatic heterocycles. The molecule has 0 unspecified atom stereocenters. The van der Waals surface area contributed by atoms with E-state index in [2.05, 4.69) is 403 Å². The highest BCUT2D eigenvalue weighted by molar-refractivity contribution is 7.20. The third-order valence-corrected chi connectivity index (χ3v) is 30.0. The van der Waals surface area contributed by atoms with E-state index in [1.807, 2.05) is 0 Å². The van der Waals surface area contributed by atoms with Crippen molar-refractivity contribution in [3.63, 3.8) is 0 Å². The average molecular weight is 1250 g/mol. The maximum atomic E-state index is 2.67. The number of benzene rings is 15. The summed E-state index contributed by atoms with van der Waals surface area (Å²) < 4.78 is 2.52. The van der Waals surface area contributed by atoms with Gasteiger partial charge in [-0.05, 0) is 118 Å². The van der Waals surface area contributed by atoms with E-state index < -0.39 is 16.1 Å². The predicted molar refractivity (Wildman–Crippen MR) is 413 cm³/mol. The minimum absolute atomic E-state index is 0.227. The van der Waals surface area contributed by atoms with Gasteiger partial charge in [-0.25, -0.2) is 0 Å². The molecule has 0 saturated heterocycles. The minimum Gasteiger partial charge on any atom is -0.311 e. The predicted octanol–water partition coefficient (Wildman–Crippen LogP) is 15.0. The van der Waals surface area contributed by atoms with Crippen LogP contribution in [0.4, 0.5) is 34.1 Å². The maximum absolute atomic E-state index is 3.11. The molecule has 96 heavy (non-hydrogen) atoms. The van der Waals surface area contributed by atoms with Gasteiger partial charge < -0.3 is 14.4 Å². The highest BCUT2D eigenvalue weighted by Crippen LogP contribution is 2.50. The topological polar surface area (TPSA) is 11.4 Å². The number of hydrogen-bond donors (Lipinski definition) is 0. The lowest BCUT2D eigenvalue weighted by Gasteiger charge is -2.46. The summed E-state index contributed by atoms with van der Waals surface area (Å²) in [5.41, 5.74) is 18.6. The van der Waals surface area contributed by atoms with Gasteiger partial charge in [0.15, 0.2) is 16.1 Å². The molecule has 0 spiro atoms. The Bertz CT molecular complexity index is 5280. The molecule has 16 aromatic rings. The van der Waals surface area contributed by atoms with E-state index in [1.165, 1.54) is 79.9 Å². The lowest BCUT2D eigenvalue weighted by Crippen LogP contribution is -2.75. The van der Waals surface area contributed by atoms with Crippen LogP contribution in [0.25, 0.3) is 49.7 Å². The Kier molecular flexibility index (Phi) is 14.0. The number of para-hydroxylation sites is 4. The van der Waals surface area contributed by atoms with Gasteiger partial charge >= 0.3 is 0 Å². The molecule has 0 radical (unpaired) electrons. The molecule has 450 valence electrons. The van der Waals surface area contributed by atoms with Crippen LogP contribution < -0.4 is 67.7 Å². The average Bonchev–Trinajstić information content (AvgIpc) is 1.44. The summed E-state index contributed by atoms with van der Waals surface area (Å²) in [5.74, 6) is 0. The highest BCUT2D eigenvalue weighted by Gasteiger charge is 2.49. The molecule has 0 fully saturated rings. The lowest BCUT2D eigenvalue weighted by molar-refractivity contribution is 1.16. The molecule has 6 heteroatoms. The van der Waals surface area contributed by atoms with Crippen LogP contribution in [0.15, 0.2) is 388 Å². The molecule has 1 aromatic heterocycles. The van der Waals surface area contributed by atoms with Crippen LogP contribution in [-0.2, 0) is 0 Å². The van der Waals surface area contributed by atoms with Gasteiger partial charge in [0.2, 0.25) is 0 Å². The van der Waals surface area contributed by atoms with Crippen molar-refractivity contribution in [2.24, 2.45) is 0 Å². The van der Waals surface area contributed by atoms with Crippen molar-refractivity contribution < 1.29 is 0 Å². The second-order valence-corrected chi connectivity index (χ2v) is 33.0. The van der Waals surface area contributed by atoms with E-state index >= 15 is 0 Å². The molecule has 0 saturated carbocycles. The molecule has 15 aromatic carbocycles. The van der Waals surface area contributed by atoms with E-state index in [-0.39, 0.29) is 6.71 Å². The first-order chi connectivity index (χ1) is 47.7. The summed E-state index contributed by atoms with van der Waals surface area (Å²) in [6.07, 6.45) is 0. The SMILES string of the molecule is c1ccc(-c2ccccc2N2c3cc(-n4c5ccccc5c5ccccc54)cc4c3B(c3cc([Si](c5ccccc5)(c5ccccc5)c5ccccc5)ccc3N4c3ccc([Si](c4ccccc4)(c4ccccc4)c4ccccc4)cc3)c3cccc(-c4ccccc4)c32)cc1. The first-order valence-electron chi connectivity index (χ1n) is 33.4. The number of rotatable bonds is 13. The van der Waals surface area contributed by atoms with Gasteiger partial charge in [-0.1, -0.05) is 340 Å². The van der Waals surface area contributed by atoms with Gasteiger partial charge in [-0.3, -0.25) is 0 Å². The fourth-order valence-electron chi connectivity index (χ4n) is 16.5. The monoisotopic (exact) mass is 1250 g/mol. The summed E-state index contributed by atoms with van der Waals surface area (Å²) in [5, 5.41) is 13.1. The molecule has 0 N–H and O–H groups in total. The second kappa shape index (κ2) is 23.6. The van der Waals surface area contributed by atoms with Crippen molar-refractivity contribution in [3.05, 3.63) is 388 Å². The molecule has 3 heterocycles. The first kappa shape index (κ1) is 56.9. The van der Waals surface area contributed by atoms with E-state index in [1.54, 1.807) is 0 Å². The zero-order valence-electron chi connectivity index (χ0n) is 52.9. The van der Waals surface area contributed by atoms with Crippen LogP contribution in [0.2, 0.25) is 0 Å². The normalized spacial score (nSPS) is 12.5. The molecule has 0 aliphatic carbocycles. The smallest absolute Gasteiger partial charge is 0.252 e. The summed E-state index contributed by atoms with van der Waals surface area (Å²) >= 11 is 0. The van der Waals surface area contributed by atoms with E-state index in [4.69, 9.17) is 0 Å². The Balaban J connectivity index is 0.991. The molecule has 0 atom stereocenters. The zero-order chi connectivity index (χ0) is 63.6. The quantitative estimate of drug-likeness (QED) is 0.0842. The van der Waals surface area contributed by atoms with Gasteiger partial charge in [0.25, 0.3) is 6.71 Å². The molecular weight excluding hydrogens is 1190 g/mol. The Morgan fingerprint density at radius 3 is 1.09 bits per heavy atom. The summed E-state index contributed by atoms with van der Waals surface area (Å²) in [4.78, 5) is 5.29. The fourth-order valence-corrected chi connectivity index (χ4v) is 26.0. The highest BCUT2D eigenvalue weighted by atomic mass is 28.3. The summed E-state index contributed by atoms with van der Waals surface area (Å²) in [6.45, 7) is -0.227. The van der Waals surface area contributed by atoms with Crippen LogP contribution in [-0.4, -0.2) is 27.4 Å². The van der Waals surface area contributed by atoms with Crippen molar-refractivity contribution in [2.45, 2.75) is 0 Å². The van der Waals surface area contributed by atoms with E-state index in [0.29, 0.717) is 0 Å². The zero-order valence-corrected chi connectivity index (χ0v) is 54.9. The second-order valence-electron chi connectivity index (χ2n) is 25.4. The summed E-state index contributed by atoms with van der Waals surface area (Å²) in [7, 11) is -6.04. The molecule has 18 rings (SSSR count). The van der Waals surface area contributed by atoms with Gasteiger partial charge in [0.05, 0.1) is 22.4 Å². The Morgan fingerprint density at radius 2 is 0.604 bits per heavy atom. The van der Waals surface area contributed by atoms with Gasteiger partial charge in [0, 0.05) is 50.3 Å². The van der Waals surface area contributed by atoms with Crippen LogP contribution in [0, 0.1) is 0 Å². The standard InChI is InChI=1S/C90H64BN3Si2/c1-9-32-65(33-10-1)77-48-25-28-53-83(77)94-88-63-68(93-84-54-29-26-49-79(84)80-50-27-30-55-85(80)93)62-87-89(88)91(81-52-31-51-78(90(81)94)66-34-11-2-12-35-66)82-64-76(96(72-42-19-6-20-43-72,73-44-21-7-22-45-73)74-46-23-8-24-47-74)60-61-86(82)92(87)67-56-58-75(59-57-67)95(69-36-13-3-14-37-69,70-38-15-4-16-39-70)71-40-17-5-18-41-71/h1-64H. The van der Waals surface area contributed by atoms with Crippen molar-refractivity contribution in [3.8, 4) is 27.9 Å². The number of hydrogen-bond acceptors (Lipinski definition) is 2. The Morgan fingerprint density at radius 1 is 0.229 bits per heavy atom. The lowest BCUT2D eigenvalue weighted by atomic mass is 9.33. The largest absolute Gasteiger partial charge is 0.311 e. The summed E-state index contributed by atoms with van der Waals surface area (Å²) in [6, 6.07) is 147. The first-order valence-corrected chi connectivity index (χ1v) is 37.4. The molecule has 3 nitrogen and oxygen atoms in total. The van der Waals surface area contributed by atoms with Crippen molar-refractivity contribution >= 4 is 137 Å². The van der Waals surface area contributed by atoms with Gasteiger partial charge in [-0.2, -0.15) is 0 Å². The Hall–Kier alpha value is -11.8. The number of fused-ring (bicyclic) bond motifs is 7. The van der Waals surface area contributed by atoms with E-state index in [0.717, 1.165) is 61.8 Å². The van der Waals surface area contributed by atoms with Crippen LogP contribution in [0.1, 0.15) is 0 Å². The fraction of sp³-hybridized carbons (Fsp3) is 0. The molecule has 2 aliphatic rings. The van der Waals surface area contributed by atoms with Crippen molar-refractivity contribution in [2.75, 3.05) is 9.80 Å².